The number of carbonyl (C=O) groups is 3. The summed E-state index contributed by atoms with van der Waals surface area (Å²) >= 11 is 0. The zero-order valence-corrected chi connectivity index (χ0v) is 11.7. The first kappa shape index (κ1) is 14.8. The van der Waals surface area contributed by atoms with Gasteiger partial charge in [-0.2, -0.15) is 0 Å². The summed E-state index contributed by atoms with van der Waals surface area (Å²) in [6, 6.07) is 0. The van der Waals surface area contributed by atoms with Gasteiger partial charge in [-0.25, -0.2) is 0 Å². The van der Waals surface area contributed by atoms with Crippen molar-refractivity contribution < 1.29 is 19.5 Å². The van der Waals surface area contributed by atoms with E-state index >= 15 is 0 Å². The minimum atomic E-state index is -0.875. The minimum absolute atomic E-state index is 0.0651. The molecule has 0 aromatic carbocycles. The molecule has 6 heteroatoms. The van der Waals surface area contributed by atoms with Gasteiger partial charge in [0.25, 0.3) is 0 Å². The van der Waals surface area contributed by atoms with Gasteiger partial charge in [0.15, 0.2) is 0 Å². The number of hydrogen-bond donors (Lipinski definition) is 2. The topological polar surface area (TPSA) is 101 Å². The Morgan fingerprint density at radius 1 is 1.10 bits per heavy atom. The molecule has 6 nitrogen and oxygen atoms in total. The van der Waals surface area contributed by atoms with Gasteiger partial charge >= 0.3 is 5.97 Å². The number of nitrogens with two attached hydrogens (primary N) is 1. The number of aliphatic carboxylic acids is 1. The molecule has 3 N–H and O–H groups in total. The molecule has 2 fully saturated rings. The van der Waals surface area contributed by atoms with Gasteiger partial charge in [-0.3, -0.25) is 14.4 Å². The summed E-state index contributed by atoms with van der Waals surface area (Å²) < 4.78 is 0. The second-order valence-corrected chi connectivity index (χ2v) is 6.13. The molecule has 0 radical (unpaired) electrons. The Labute approximate surface area is 118 Å². The van der Waals surface area contributed by atoms with Crippen molar-refractivity contribution in [3.8, 4) is 0 Å². The average molecular weight is 282 g/mol. The minimum Gasteiger partial charge on any atom is -0.481 e. The first-order chi connectivity index (χ1) is 9.40. The number of amides is 2. The molecule has 2 aliphatic rings. The van der Waals surface area contributed by atoms with Crippen LogP contribution in [0.25, 0.3) is 0 Å². The summed E-state index contributed by atoms with van der Waals surface area (Å²) in [5.41, 5.74) is 5.27. The number of carboxylic acid groups (broad SMARTS) is 1. The van der Waals surface area contributed by atoms with Crippen LogP contribution in [-0.2, 0) is 14.4 Å². The third-order valence-electron chi connectivity index (χ3n) is 4.64. The van der Waals surface area contributed by atoms with Crippen LogP contribution in [0.4, 0.5) is 0 Å². The molecule has 0 bridgehead atoms. The van der Waals surface area contributed by atoms with Crippen molar-refractivity contribution in [3.05, 3.63) is 0 Å². The number of nitrogens with zero attached hydrogens (tertiary/aromatic N) is 1. The molecular formula is C14H22N2O4. The Morgan fingerprint density at radius 3 is 2.15 bits per heavy atom. The van der Waals surface area contributed by atoms with Gasteiger partial charge in [-0.1, -0.05) is 6.92 Å². The molecule has 112 valence electrons. The lowest BCUT2D eigenvalue weighted by atomic mass is 9.91. The van der Waals surface area contributed by atoms with E-state index in [2.05, 4.69) is 0 Å². The quantitative estimate of drug-likeness (QED) is 0.785. The van der Waals surface area contributed by atoms with Crippen molar-refractivity contribution in [2.75, 3.05) is 13.1 Å². The van der Waals surface area contributed by atoms with Crippen LogP contribution in [0, 0.1) is 23.7 Å². The van der Waals surface area contributed by atoms with Crippen molar-refractivity contribution in [1.82, 2.24) is 4.90 Å². The van der Waals surface area contributed by atoms with Gasteiger partial charge in [-0.05, 0) is 31.6 Å². The van der Waals surface area contributed by atoms with Crippen LogP contribution >= 0.6 is 0 Å². The molecule has 0 aromatic heterocycles. The highest BCUT2D eigenvalue weighted by Crippen LogP contribution is 2.38. The molecule has 2 amide bonds. The first-order valence-corrected chi connectivity index (χ1v) is 7.21. The predicted molar refractivity (Wildman–Crippen MR) is 71.5 cm³/mol. The molecule has 1 aliphatic carbocycles. The fourth-order valence-corrected chi connectivity index (χ4v) is 3.46. The van der Waals surface area contributed by atoms with E-state index in [1.54, 1.807) is 4.90 Å². The third-order valence-corrected chi connectivity index (χ3v) is 4.64. The standard InChI is InChI=1S/C14H22N2O4/c1-8-6-10(11(7-8)14(19)20)13(18)16-4-2-9(3-5-16)12(15)17/h8-11H,2-7H2,1H3,(H2,15,17)(H,19,20)/t8?,10-,11+/m0/s1. The maximum Gasteiger partial charge on any atom is 0.307 e. The summed E-state index contributed by atoms with van der Waals surface area (Å²) in [5.74, 6) is -2.11. The van der Waals surface area contributed by atoms with Crippen LogP contribution in [0.15, 0.2) is 0 Å². The Bertz CT molecular complexity index is 415. The number of rotatable bonds is 3. The van der Waals surface area contributed by atoms with Gasteiger partial charge in [-0.15, -0.1) is 0 Å². The normalized spacial score (nSPS) is 31.2. The molecule has 1 saturated carbocycles. The highest BCUT2D eigenvalue weighted by Gasteiger charge is 2.43. The van der Waals surface area contributed by atoms with E-state index in [0.717, 1.165) is 0 Å². The number of piperidine rings is 1. The van der Waals surface area contributed by atoms with Crippen molar-refractivity contribution >= 4 is 17.8 Å². The van der Waals surface area contributed by atoms with E-state index in [1.807, 2.05) is 6.92 Å². The highest BCUT2D eigenvalue weighted by molar-refractivity contribution is 5.85. The highest BCUT2D eigenvalue weighted by atomic mass is 16.4. The molecule has 0 spiro atoms. The van der Waals surface area contributed by atoms with Crippen molar-refractivity contribution in [1.29, 1.82) is 0 Å². The maximum absolute atomic E-state index is 12.5. The van der Waals surface area contributed by atoms with Gasteiger partial charge < -0.3 is 15.7 Å². The number of likely N-dealkylation sites (tertiary alicyclic amines) is 1. The maximum atomic E-state index is 12.5. The summed E-state index contributed by atoms with van der Waals surface area (Å²) in [6.45, 7) is 3.00. The number of primary amides is 1. The second-order valence-electron chi connectivity index (χ2n) is 6.13. The van der Waals surface area contributed by atoms with Gasteiger partial charge in [0, 0.05) is 19.0 Å². The van der Waals surface area contributed by atoms with Crippen molar-refractivity contribution in [3.63, 3.8) is 0 Å². The van der Waals surface area contributed by atoms with E-state index in [-0.39, 0.29) is 23.7 Å². The Balaban J connectivity index is 1.98. The fourth-order valence-electron chi connectivity index (χ4n) is 3.46. The number of hydrogen-bond acceptors (Lipinski definition) is 3. The van der Waals surface area contributed by atoms with Gasteiger partial charge in [0.1, 0.15) is 0 Å². The lowest BCUT2D eigenvalue weighted by molar-refractivity contribution is -0.149. The van der Waals surface area contributed by atoms with Crippen LogP contribution in [0.3, 0.4) is 0 Å². The average Bonchev–Trinajstić information content (AvgIpc) is 2.80. The third kappa shape index (κ3) is 2.94. The fraction of sp³-hybridized carbons (Fsp3) is 0.786. The monoisotopic (exact) mass is 282 g/mol. The smallest absolute Gasteiger partial charge is 0.307 e. The zero-order chi connectivity index (χ0) is 14.9. The predicted octanol–water partition coefficient (Wildman–Crippen LogP) is 0.457. The largest absolute Gasteiger partial charge is 0.481 e. The molecule has 1 aliphatic heterocycles. The van der Waals surface area contributed by atoms with E-state index in [0.29, 0.717) is 38.8 Å². The number of carboxylic acids is 1. The molecule has 2 rings (SSSR count). The SMILES string of the molecule is CC1C[C@H](C(=O)N2CCC(C(N)=O)CC2)[C@H](C(=O)O)C1. The zero-order valence-electron chi connectivity index (χ0n) is 11.7. The Kier molecular flexibility index (Phi) is 4.30. The molecule has 1 heterocycles. The summed E-state index contributed by atoms with van der Waals surface area (Å²) in [6.07, 6.45) is 2.39. The molecule has 3 atom stereocenters. The molecule has 1 saturated heterocycles. The van der Waals surface area contributed by atoms with Gasteiger partial charge in [0.05, 0.1) is 11.8 Å². The van der Waals surface area contributed by atoms with Crippen LogP contribution in [-0.4, -0.2) is 40.9 Å². The molecule has 20 heavy (non-hydrogen) atoms. The van der Waals surface area contributed by atoms with E-state index < -0.39 is 17.8 Å². The van der Waals surface area contributed by atoms with Crippen molar-refractivity contribution in [2.24, 2.45) is 29.4 Å². The van der Waals surface area contributed by atoms with Crippen LogP contribution in [0.2, 0.25) is 0 Å². The van der Waals surface area contributed by atoms with Gasteiger partial charge in [0.2, 0.25) is 11.8 Å². The van der Waals surface area contributed by atoms with E-state index in [4.69, 9.17) is 5.73 Å². The Hall–Kier alpha value is -1.59. The van der Waals surface area contributed by atoms with Crippen LogP contribution in [0.1, 0.15) is 32.6 Å². The molecule has 1 unspecified atom stereocenters. The number of carbonyl (C=O) groups excluding carboxylic acids is 2. The lowest BCUT2D eigenvalue weighted by Crippen LogP contribution is -2.45. The van der Waals surface area contributed by atoms with Crippen LogP contribution < -0.4 is 5.73 Å². The van der Waals surface area contributed by atoms with E-state index in [1.165, 1.54) is 0 Å². The van der Waals surface area contributed by atoms with E-state index in [9.17, 15) is 19.5 Å². The summed E-state index contributed by atoms with van der Waals surface area (Å²) in [7, 11) is 0. The van der Waals surface area contributed by atoms with Crippen molar-refractivity contribution in [2.45, 2.75) is 32.6 Å². The van der Waals surface area contributed by atoms with Crippen LogP contribution in [0.5, 0.6) is 0 Å². The first-order valence-electron chi connectivity index (χ1n) is 7.21. The molecular weight excluding hydrogens is 260 g/mol. The summed E-state index contributed by atoms with van der Waals surface area (Å²) in [5, 5.41) is 9.23. The lowest BCUT2D eigenvalue weighted by Gasteiger charge is -2.33. The summed E-state index contributed by atoms with van der Waals surface area (Å²) in [4.78, 5) is 36.6. The second kappa shape index (κ2) is 5.81. The molecule has 0 aromatic rings. The Morgan fingerprint density at radius 2 is 1.65 bits per heavy atom.